The van der Waals surface area contributed by atoms with Gasteiger partial charge in [-0.1, -0.05) is 0 Å². The summed E-state index contributed by atoms with van der Waals surface area (Å²) in [4.78, 5) is 0. The van der Waals surface area contributed by atoms with Crippen LogP contribution in [-0.4, -0.2) is 39.4 Å². The third-order valence-electron chi connectivity index (χ3n) is 5.98. The average Bonchev–Trinajstić information content (AvgIpc) is 3.06. The van der Waals surface area contributed by atoms with E-state index in [2.05, 4.69) is 41.3 Å². The highest BCUT2D eigenvalue weighted by atomic mass is 15.4. The molecule has 0 radical (unpaired) electrons. The molecule has 144 valence electrons. The van der Waals surface area contributed by atoms with Crippen LogP contribution in [0.15, 0.2) is 12.1 Å². The first kappa shape index (κ1) is 17.1. The first-order chi connectivity index (χ1) is 13.3. The van der Waals surface area contributed by atoms with Gasteiger partial charge in [0.25, 0.3) is 0 Å². The first-order valence-electron chi connectivity index (χ1n) is 9.59. The van der Waals surface area contributed by atoms with E-state index in [-0.39, 0.29) is 0 Å². The standard InChI is InChI=1S/C20H24N8/c1-10-7-17(25-28-13(4)21-22-20(10)28)18-9-16(24-27(18)6)14-8-15(14)19-11(2)23-26(5)12(19)3/h7,9,14-15H,8H2,1-6H3. The molecule has 2 unspecified atom stereocenters. The fourth-order valence-corrected chi connectivity index (χ4v) is 4.33. The minimum atomic E-state index is 0.447. The average molecular weight is 376 g/mol. The summed E-state index contributed by atoms with van der Waals surface area (Å²) in [5.41, 5.74) is 8.66. The van der Waals surface area contributed by atoms with Crippen molar-refractivity contribution in [3.05, 3.63) is 46.2 Å². The van der Waals surface area contributed by atoms with Crippen molar-refractivity contribution in [2.24, 2.45) is 14.1 Å². The molecule has 0 amide bonds. The van der Waals surface area contributed by atoms with E-state index < -0.39 is 0 Å². The van der Waals surface area contributed by atoms with Crippen molar-refractivity contribution in [1.29, 1.82) is 0 Å². The summed E-state index contributed by atoms with van der Waals surface area (Å²) in [6.07, 6.45) is 1.12. The normalized spacial score (nSPS) is 18.9. The molecule has 0 aromatic carbocycles. The fraction of sp³-hybridized carbons (Fsp3) is 0.450. The van der Waals surface area contributed by atoms with E-state index in [1.54, 1.807) is 4.52 Å². The van der Waals surface area contributed by atoms with Crippen LogP contribution in [0.2, 0.25) is 0 Å². The highest BCUT2D eigenvalue weighted by molar-refractivity contribution is 5.60. The summed E-state index contributed by atoms with van der Waals surface area (Å²) in [5.74, 6) is 1.74. The number of aryl methyl sites for hydroxylation is 5. The van der Waals surface area contributed by atoms with E-state index in [4.69, 9.17) is 10.2 Å². The van der Waals surface area contributed by atoms with E-state index >= 15 is 0 Å². The lowest BCUT2D eigenvalue weighted by Crippen LogP contribution is -2.02. The summed E-state index contributed by atoms with van der Waals surface area (Å²) in [7, 11) is 4.00. The molecule has 0 bridgehead atoms. The van der Waals surface area contributed by atoms with Gasteiger partial charge in [0, 0.05) is 25.7 Å². The van der Waals surface area contributed by atoms with Gasteiger partial charge in [-0.3, -0.25) is 9.36 Å². The Morgan fingerprint density at radius 3 is 2.39 bits per heavy atom. The maximum absolute atomic E-state index is 4.82. The predicted octanol–water partition coefficient (Wildman–Crippen LogP) is 2.76. The Kier molecular flexibility index (Phi) is 3.50. The monoisotopic (exact) mass is 376 g/mol. The van der Waals surface area contributed by atoms with Crippen molar-refractivity contribution in [3.63, 3.8) is 0 Å². The van der Waals surface area contributed by atoms with Crippen LogP contribution < -0.4 is 0 Å². The highest BCUT2D eigenvalue weighted by Gasteiger charge is 2.44. The molecular formula is C20H24N8. The molecule has 28 heavy (non-hydrogen) atoms. The van der Waals surface area contributed by atoms with Gasteiger partial charge in [-0.05, 0) is 63.3 Å². The van der Waals surface area contributed by atoms with Gasteiger partial charge in [-0.15, -0.1) is 10.2 Å². The Morgan fingerprint density at radius 2 is 1.68 bits per heavy atom. The van der Waals surface area contributed by atoms with Crippen molar-refractivity contribution >= 4 is 5.65 Å². The summed E-state index contributed by atoms with van der Waals surface area (Å²) in [6.45, 7) is 8.21. The minimum Gasteiger partial charge on any atom is -0.272 e. The number of nitrogens with zero attached hydrogens (tertiary/aromatic N) is 8. The minimum absolute atomic E-state index is 0.447. The molecule has 8 nitrogen and oxygen atoms in total. The van der Waals surface area contributed by atoms with Crippen LogP contribution in [0.3, 0.4) is 0 Å². The van der Waals surface area contributed by atoms with E-state index in [0.717, 1.165) is 46.2 Å². The Hall–Kier alpha value is -3.03. The second-order valence-electron chi connectivity index (χ2n) is 7.93. The second kappa shape index (κ2) is 5.73. The molecule has 5 rings (SSSR count). The van der Waals surface area contributed by atoms with E-state index in [0.29, 0.717) is 11.8 Å². The van der Waals surface area contributed by atoms with Gasteiger partial charge in [0.05, 0.1) is 17.1 Å². The smallest absolute Gasteiger partial charge is 0.180 e. The Bertz CT molecular complexity index is 1230. The molecular weight excluding hydrogens is 352 g/mol. The first-order valence-corrected chi connectivity index (χ1v) is 9.59. The largest absolute Gasteiger partial charge is 0.272 e. The molecule has 1 aliphatic rings. The number of hydrogen-bond donors (Lipinski definition) is 0. The summed E-state index contributed by atoms with van der Waals surface area (Å²) < 4.78 is 5.72. The molecule has 0 saturated heterocycles. The molecule has 2 atom stereocenters. The lowest BCUT2D eigenvalue weighted by atomic mass is 10.1. The molecule has 0 N–H and O–H groups in total. The zero-order chi connectivity index (χ0) is 19.7. The van der Waals surface area contributed by atoms with Gasteiger partial charge in [0.1, 0.15) is 5.69 Å². The summed E-state index contributed by atoms with van der Waals surface area (Å²) in [6, 6.07) is 4.24. The summed E-state index contributed by atoms with van der Waals surface area (Å²) >= 11 is 0. The SMILES string of the molecule is Cc1nn(C)c(C)c1C1CC1c1cc(-c2cc(C)c3nnc(C)n3n2)n(C)n1. The molecule has 4 aromatic heterocycles. The molecule has 1 saturated carbocycles. The molecule has 1 fully saturated rings. The zero-order valence-electron chi connectivity index (χ0n) is 17.1. The number of rotatable bonds is 3. The fourth-order valence-electron chi connectivity index (χ4n) is 4.33. The number of hydrogen-bond acceptors (Lipinski definition) is 5. The van der Waals surface area contributed by atoms with Crippen LogP contribution in [0.1, 0.15) is 52.3 Å². The number of fused-ring (bicyclic) bond motifs is 1. The predicted molar refractivity (Wildman–Crippen MR) is 105 cm³/mol. The van der Waals surface area contributed by atoms with Crippen molar-refractivity contribution in [3.8, 4) is 11.4 Å². The molecule has 1 aliphatic carbocycles. The van der Waals surface area contributed by atoms with Crippen LogP contribution in [0, 0.1) is 27.7 Å². The van der Waals surface area contributed by atoms with Gasteiger partial charge >= 0.3 is 0 Å². The zero-order valence-corrected chi connectivity index (χ0v) is 17.1. The van der Waals surface area contributed by atoms with Crippen molar-refractivity contribution in [2.75, 3.05) is 0 Å². The van der Waals surface area contributed by atoms with E-state index in [1.165, 1.54) is 11.3 Å². The number of aromatic nitrogens is 8. The topological polar surface area (TPSA) is 78.7 Å². The third kappa shape index (κ3) is 2.40. The van der Waals surface area contributed by atoms with Gasteiger partial charge in [-0.25, -0.2) is 0 Å². The van der Waals surface area contributed by atoms with Crippen molar-refractivity contribution in [1.82, 2.24) is 39.4 Å². The quantitative estimate of drug-likeness (QED) is 0.549. The van der Waals surface area contributed by atoms with Crippen LogP contribution in [0.4, 0.5) is 0 Å². The van der Waals surface area contributed by atoms with E-state index in [1.807, 2.05) is 37.3 Å². The van der Waals surface area contributed by atoms with Crippen LogP contribution >= 0.6 is 0 Å². The molecule has 0 spiro atoms. The molecule has 4 heterocycles. The van der Waals surface area contributed by atoms with Crippen molar-refractivity contribution < 1.29 is 0 Å². The van der Waals surface area contributed by atoms with Crippen LogP contribution in [0.5, 0.6) is 0 Å². The van der Waals surface area contributed by atoms with E-state index in [9.17, 15) is 0 Å². The van der Waals surface area contributed by atoms with Gasteiger partial charge in [0.15, 0.2) is 11.5 Å². The Labute approximate surface area is 163 Å². The highest BCUT2D eigenvalue weighted by Crippen LogP contribution is 2.56. The van der Waals surface area contributed by atoms with Crippen molar-refractivity contribution in [2.45, 2.75) is 46.0 Å². The Balaban J connectivity index is 1.51. The maximum Gasteiger partial charge on any atom is 0.180 e. The molecule has 0 aliphatic heterocycles. The molecule has 4 aromatic rings. The van der Waals surface area contributed by atoms with Gasteiger partial charge in [0.2, 0.25) is 0 Å². The molecule has 8 heteroatoms. The second-order valence-corrected chi connectivity index (χ2v) is 7.93. The third-order valence-corrected chi connectivity index (χ3v) is 5.98. The van der Waals surface area contributed by atoms with Gasteiger partial charge in [-0.2, -0.15) is 19.8 Å². The maximum atomic E-state index is 4.82. The lowest BCUT2D eigenvalue weighted by molar-refractivity contribution is 0.729. The van der Waals surface area contributed by atoms with Crippen LogP contribution in [0.25, 0.3) is 17.0 Å². The van der Waals surface area contributed by atoms with Gasteiger partial charge < -0.3 is 0 Å². The summed E-state index contributed by atoms with van der Waals surface area (Å²) in [5, 5.41) is 22.5. The lowest BCUT2D eigenvalue weighted by Gasteiger charge is -2.04. The Morgan fingerprint density at radius 1 is 0.893 bits per heavy atom. The van der Waals surface area contributed by atoms with Crippen LogP contribution in [-0.2, 0) is 14.1 Å².